The third-order valence-corrected chi connectivity index (χ3v) is 3.22. The molecule has 0 saturated carbocycles. The monoisotopic (exact) mass is 322 g/mol. The quantitative estimate of drug-likeness (QED) is 0.556. The van der Waals surface area contributed by atoms with E-state index in [0.717, 1.165) is 10.9 Å². The smallest absolute Gasteiger partial charge is 0.216 e. The van der Waals surface area contributed by atoms with Crippen LogP contribution in [0.1, 0.15) is 6.92 Å². The highest BCUT2D eigenvalue weighted by Crippen LogP contribution is 2.33. The Morgan fingerprint density at radius 3 is 2.59 bits per heavy atom. The average molecular weight is 322 g/mol. The molecule has 3 N–H and O–H groups in total. The highest BCUT2D eigenvalue weighted by atomic mass is 32.1. The molecule has 1 aromatic heterocycles. The number of hydrogen-bond acceptors (Lipinski definition) is 6. The second-order valence-corrected chi connectivity index (χ2v) is 4.94. The molecular weight excluding hydrogens is 304 g/mol. The summed E-state index contributed by atoms with van der Waals surface area (Å²) in [5.41, 5.74) is 0.791. The lowest BCUT2D eigenvalue weighted by molar-refractivity contribution is -0.118. The molecular formula is C14H18N4O3S. The number of H-pyrrole nitrogens is 1. The summed E-state index contributed by atoms with van der Waals surface area (Å²) >= 11 is 5.14. The first-order valence-electron chi connectivity index (χ1n) is 6.69. The van der Waals surface area contributed by atoms with E-state index >= 15 is 0 Å². The molecule has 2 rings (SSSR count). The molecule has 2 aromatic rings. The Morgan fingerprint density at radius 2 is 1.95 bits per heavy atom. The summed E-state index contributed by atoms with van der Waals surface area (Å²) in [5, 5.41) is 6.70. The van der Waals surface area contributed by atoms with Crippen molar-refractivity contribution in [2.45, 2.75) is 6.92 Å². The number of nitrogens with zero attached hydrogens (tertiary/aromatic N) is 1. The van der Waals surface area contributed by atoms with Crippen LogP contribution in [0, 0.1) is 4.77 Å². The minimum atomic E-state index is -0.0728. The van der Waals surface area contributed by atoms with E-state index in [0.29, 0.717) is 35.2 Å². The molecule has 1 aromatic carbocycles. The van der Waals surface area contributed by atoms with Crippen molar-refractivity contribution in [2.75, 3.05) is 32.6 Å². The topological polar surface area (TPSA) is 88.3 Å². The van der Waals surface area contributed by atoms with Crippen molar-refractivity contribution in [1.82, 2.24) is 15.3 Å². The van der Waals surface area contributed by atoms with Crippen molar-refractivity contribution in [1.29, 1.82) is 0 Å². The van der Waals surface area contributed by atoms with Crippen LogP contribution in [0.3, 0.4) is 0 Å². The molecule has 0 fully saturated rings. The van der Waals surface area contributed by atoms with Gasteiger partial charge < -0.3 is 25.1 Å². The van der Waals surface area contributed by atoms with Gasteiger partial charge in [-0.05, 0) is 18.3 Å². The van der Waals surface area contributed by atoms with Crippen LogP contribution < -0.4 is 20.1 Å². The third-order valence-electron chi connectivity index (χ3n) is 3.03. The maximum atomic E-state index is 10.9. The first-order valence-corrected chi connectivity index (χ1v) is 7.10. The van der Waals surface area contributed by atoms with E-state index in [4.69, 9.17) is 21.7 Å². The fourth-order valence-corrected chi connectivity index (χ4v) is 2.24. The SMILES string of the molecule is COc1cc2[nH]c(=S)nc(NCCNC(C)=O)c2cc1OC. The minimum absolute atomic E-state index is 0.0728. The van der Waals surface area contributed by atoms with Gasteiger partial charge in [0.05, 0.1) is 19.7 Å². The van der Waals surface area contributed by atoms with Gasteiger partial charge in [-0.25, -0.2) is 4.98 Å². The molecule has 22 heavy (non-hydrogen) atoms. The molecule has 8 heteroatoms. The molecule has 0 spiro atoms. The summed E-state index contributed by atoms with van der Waals surface area (Å²) in [5.74, 6) is 1.77. The number of amides is 1. The van der Waals surface area contributed by atoms with E-state index in [1.54, 1.807) is 14.2 Å². The predicted molar refractivity (Wildman–Crippen MR) is 87.2 cm³/mol. The van der Waals surface area contributed by atoms with Gasteiger partial charge in [0.1, 0.15) is 5.82 Å². The van der Waals surface area contributed by atoms with E-state index in [2.05, 4.69) is 20.6 Å². The summed E-state index contributed by atoms with van der Waals surface area (Å²) in [7, 11) is 3.15. The fourth-order valence-electron chi connectivity index (χ4n) is 2.04. The van der Waals surface area contributed by atoms with Crippen molar-refractivity contribution >= 4 is 34.8 Å². The van der Waals surface area contributed by atoms with Crippen LogP contribution in [0.4, 0.5) is 5.82 Å². The van der Waals surface area contributed by atoms with Gasteiger partial charge in [0.15, 0.2) is 16.3 Å². The average Bonchev–Trinajstić information content (AvgIpc) is 2.49. The first kappa shape index (κ1) is 16.0. The van der Waals surface area contributed by atoms with Crippen molar-refractivity contribution < 1.29 is 14.3 Å². The largest absolute Gasteiger partial charge is 0.493 e. The van der Waals surface area contributed by atoms with E-state index in [1.165, 1.54) is 6.92 Å². The van der Waals surface area contributed by atoms with Gasteiger partial charge in [0.25, 0.3) is 0 Å². The number of anilines is 1. The van der Waals surface area contributed by atoms with E-state index in [-0.39, 0.29) is 5.91 Å². The number of rotatable bonds is 6. The Kier molecular flexibility index (Phi) is 5.16. The molecule has 0 bridgehead atoms. The normalized spacial score (nSPS) is 10.3. The van der Waals surface area contributed by atoms with Crippen LogP contribution in [0.5, 0.6) is 11.5 Å². The van der Waals surface area contributed by atoms with Gasteiger partial charge in [-0.3, -0.25) is 4.79 Å². The highest BCUT2D eigenvalue weighted by Gasteiger charge is 2.10. The number of carbonyl (C=O) groups excluding carboxylic acids is 1. The molecule has 0 radical (unpaired) electrons. The second-order valence-electron chi connectivity index (χ2n) is 4.55. The molecule has 1 amide bonds. The number of nitrogens with one attached hydrogen (secondary N) is 3. The standard InChI is InChI=1S/C14H18N4O3S/c1-8(19)15-4-5-16-13-9-6-11(20-2)12(21-3)7-10(9)17-14(22)18-13/h6-7H,4-5H2,1-3H3,(H,15,19)(H2,16,17,18,22). The van der Waals surface area contributed by atoms with Gasteiger partial charge >= 0.3 is 0 Å². The Morgan fingerprint density at radius 1 is 1.27 bits per heavy atom. The lowest BCUT2D eigenvalue weighted by atomic mass is 10.2. The highest BCUT2D eigenvalue weighted by molar-refractivity contribution is 7.71. The number of methoxy groups -OCH3 is 2. The molecule has 0 aliphatic rings. The summed E-state index contributed by atoms with van der Waals surface area (Å²) in [4.78, 5) is 18.2. The molecule has 0 atom stereocenters. The molecule has 1 heterocycles. The third kappa shape index (κ3) is 3.64. The summed E-state index contributed by atoms with van der Waals surface area (Å²) in [6.45, 7) is 2.51. The molecule has 0 aliphatic heterocycles. The molecule has 118 valence electrons. The van der Waals surface area contributed by atoms with Crippen LogP contribution in [-0.2, 0) is 4.79 Å². The maximum Gasteiger partial charge on any atom is 0.216 e. The van der Waals surface area contributed by atoms with Gasteiger partial charge in [0.2, 0.25) is 5.91 Å². The molecule has 0 aliphatic carbocycles. The lowest BCUT2D eigenvalue weighted by Gasteiger charge is -2.12. The van der Waals surface area contributed by atoms with Crippen LogP contribution >= 0.6 is 12.2 Å². The lowest BCUT2D eigenvalue weighted by Crippen LogP contribution is -2.26. The van der Waals surface area contributed by atoms with Crippen molar-refractivity contribution in [2.24, 2.45) is 0 Å². The number of hydrogen-bond donors (Lipinski definition) is 3. The van der Waals surface area contributed by atoms with Crippen LogP contribution in [0.15, 0.2) is 12.1 Å². The van der Waals surface area contributed by atoms with Crippen molar-refractivity contribution in [3.05, 3.63) is 16.9 Å². The van der Waals surface area contributed by atoms with Gasteiger partial charge in [-0.1, -0.05) is 0 Å². The number of ether oxygens (including phenoxy) is 2. The van der Waals surface area contributed by atoms with Crippen molar-refractivity contribution in [3.63, 3.8) is 0 Å². The summed E-state index contributed by atoms with van der Waals surface area (Å²) in [6, 6.07) is 3.64. The number of carbonyl (C=O) groups is 1. The van der Waals surface area contributed by atoms with E-state index < -0.39 is 0 Å². The Bertz CT molecular complexity index is 745. The Labute approximate surface area is 133 Å². The molecule has 0 saturated heterocycles. The zero-order valence-corrected chi connectivity index (χ0v) is 13.5. The maximum absolute atomic E-state index is 10.9. The Hall–Kier alpha value is -2.35. The van der Waals surface area contributed by atoms with E-state index in [1.807, 2.05) is 12.1 Å². The van der Waals surface area contributed by atoms with Crippen molar-refractivity contribution in [3.8, 4) is 11.5 Å². The number of benzene rings is 1. The molecule has 7 nitrogen and oxygen atoms in total. The summed E-state index contributed by atoms with van der Waals surface area (Å²) in [6.07, 6.45) is 0. The number of aromatic nitrogens is 2. The van der Waals surface area contributed by atoms with Gasteiger partial charge in [-0.2, -0.15) is 0 Å². The van der Waals surface area contributed by atoms with Gasteiger partial charge in [0, 0.05) is 31.5 Å². The zero-order chi connectivity index (χ0) is 16.1. The minimum Gasteiger partial charge on any atom is -0.493 e. The fraction of sp³-hybridized carbons (Fsp3) is 0.357. The number of aromatic amines is 1. The van der Waals surface area contributed by atoms with Crippen LogP contribution in [0.25, 0.3) is 10.9 Å². The number of fused-ring (bicyclic) bond motifs is 1. The summed E-state index contributed by atoms with van der Waals surface area (Å²) < 4.78 is 11.0. The first-order chi connectivity index (χ1) is 10.5. The van der Waals surface area contributed by atoms with Gasteiger partial charge in [-0.15, -0.1) is 0 Å². The van der Waals surface area contributed by atoms with E-state index in [9.17, 15) is 4.79 Å². The second kappa shape index (κ2) is 7.08. The molecule has 0 unspecified atom stereocenters. The van der Waals surface area contributed by atoms with Crippen LogP contribution in [0.2, 0.25) is 0 Å². The Balaban J connectivity index is 2.36. The van der Waals surface area contributed by atoms with Crippen LogP contribution in [-0.4, -0.2) is 43.2 Å². The predicted octanol–water partition coefficient (Wildman–Crippen LogP) is 1.86. The zero-order valence-electron chi connectivity index (χ0n) is 12.6.